The summed E-state index contributed by atoms with van der Waals surface area (Å²) in [5, 5.41) is 4.76. The van der Waals surface area contributed by atoms with Gasteiger partial charge in [0, 0.05) is 12.2 Å². The lowest BCUT2D eigenvalue weighted by Crippen LogP contribution is -2.49. The third-order valence-corrected chi connectivity index (χ3v) is 3.92. The molecule has 3 nitrogen and oxygen atoms in total. The standard InChI is InChI=1S/C12H11BrF4N2O/c13-8-5-7(1-2-9(8)14)19-10(20)11(12(15,16)17)3-4-18-6-11/h1-2,5,18H,3-4,6H2,(H,19,20). The van der Waals surface area contributed by atoms with Gasteiger partial charge in [-0.3, -0.25) is 4.79 Å². The van der Waals surface area contributed by atoms with Crippen LogP contribution < -0.4 is 10.6 Å². The molecule has 110 valence electrons. The van der Waals surface area contributed by atoms with E-state index in [2.05, 4.69) is 26.6 Å². The number of alkyl halides is 3. The smallest absolute Gasteiger partial charge is 0.325 e. The first-order valence-electron chi connectivity index (χ1n) is 5.80. The van der Waals surface area contributed by atoms with Gasteiger partial charge >= 0.3 is 6.18 Å². The molecule has 1 fully saturated rings. The van der Waals surface area contributed by atoms with Crippen molar-refractivity contribution in [1.82, 2.24) is 5.32 Å². The van der Waals surface area contributed by atoms with E-state index in [1.807, 2.05) is 0 Å². The van der Waals surface area contributed by atoms with Crippen LogP contribution in [0.1, 0.15) is 6.42 Å². The normalized spacial score (nSPS) is 22.9. The monoisotopic (exact) mass is 354 g/mol. The van der Waals surface area contributed by atoms with Crippen LogP contribution in [0.25, 0.3) is 0 Å². The third kappa shape index (κ3) is 2.67. The molecular weight excluding hydrogens is 344 g/mol. The zero-order chi connectivity index (χ0) is 15.0. The molecule has 0 aliphatic carbocycles. The molecule has 1 atom stereocenters. The van der Waals surface area contributed by atoms with E-state index in [1.165, 1.54) is 12.1 Å². The number of anilines is 1. The lowest BCUT2D eigenvalue weighted by Gasteiger charge is -2.29. The van der Waals surface area contributed by atoms with Crippen molar-refractivity contribution in [2.75, 3.05) is 18.4 Å². The van der Waals surface area contributed by atoms with Gasteiger partial charge in [0.15, 0.2) is 5.41 Å². The van der Waals surface area contributed by atoms with Gasteiger partial charge in [-0.25, -0.2) is 4.39 Å². The van der Waals surface area contributed by atoms with E-state index < -0.39 is 29.9 Å². The largest absolute Gasteiger partial charge is 0.404 e. The van der Waals surface area contributed by atoms with Gasteiger partial charge < -0.3 is 10.6 Å². The van der Waals surface area contributed by atoms with Crippen molar-refractivity contribution < 1.29 is 22.4 Å². The number of hydrogen-bond acceptors (Lipinski definition) is 2. The van der Waals surface area contributed by atoms with Crippen LogP contribution in [-0.2, 0) is 4.79 Å². The molecular formula is C12H11BrF4N2O. The molecule has 2 N–H and O–H groups in total. The number of halogens is 5. The quantitative estimate of drug-likeness (QED) is 0.801. The van der Waals surface area contributed by atoms with Crippen LogP contribution in [-0.4, -0.2) is 25.2 Å². The number of rotatable bonds is 2. The van der Waals surface area contributed by atoms with Gasteiger partial charge in [-0.15, -0.1) is 0 Å². The van der Waals surface area contributed by atoms with Gasteiger partial charge in [0.2, 0.25) is 5.91 Å². The highest BCUT2D eigenvalue weighted by molar-refractivity contribution is 9.10. The predicted molar refractivity (Wildman–Crippen MR) is 68.7 cm³/mol. The summed E-state index contributed by atoms with van der Waals surface area (Å²) in [5.41, 5.74) is -2.33. The van der Waals surface area contributed by atoms with E-state index >= 15 is 0 Å². The Morgan fingerprint density at radius 3 is 2.60 bits per heavy atom. The highest BCUT2D eigenvalue weighted by atomic mass is 79.9. The first-order valence-corrected chi connectivity index (χ1v) is 6.59. The second-order valence-electron chi connectivity index (χ2n) is 4.59. The van der Waals surface area contributed by atoms with Crippen molar-refractivity contribution in [2.45, 2.75) is 12.6 Å². The summed E-state index contributed by atoms with van der Waals surface area (Å²) in [7, 11) is 0. The van der Waals surface area contributed by atoms with E-state index in [1.54, 1.807) is 0 Å². The Labute approximate surface area is 120 Å². The third-order valence-electron chi connectivity index (χ3n) is 3.31. The molecule has 1 saturated heterocycles. The topological polar surface area (TPSA) is 41.1 Å². The van der Waals surface area contributed by atoms with Crippen molar-refractivity contribution in [1.29, 1.82) is 0 Å². The van der Waals surface area contributed by atoms with Crippen LogP contribution in [0.3, 0.4) is 0 Å². The predicted octanol–water partition coefficient (Wildman–Crippen LogP) is 3.07. The molecule has 0 bridgehead atoms. The Balaban J connectivity index is 2.23. The van der Waals surface area contributed by atoms with Gasteiger partial charge in [0.05, 0.1) is 4.47 Å². The molecule has 20 heavy (non-hydrogen) atoms. The van der Waals surface area contributed by atoms with Crippen LogP contribution in [0.5, 0.6) is 0 Å². The lowest BCUT2D eigenvalue weighted by atomic mass is 9.85. The summed E-state index contributed by atoms with van der Waals surface area (Å²) >= 11 is 2.91. The highest BCUT2D eigenvalue weighted by Gasteiger charge is 2.61. The number of benzene rings is 1. The van der Waals surface area contributed by atoms with Gasteiger partial charge in [0.1, 0.15) is 5.82 Å². The first-order chi connectivity index (χ1) is 9.26. The highest BCUT2D eigenvalue weighted by Crippen LogP contribution is 2.43. The molecule has 1 aliphatic rings. The minimum atomic E-state index is -4.64. The maximum Gasteiger partial charge on any atom is 0.404 e. The van der Waals surface area contributed by atoms with E-state index in [0.29, 0.717) is 0 Å². The molecule has 1 aliphatic heterocycles. The van der Waals surface area contributed by atoms with Gasteiger partial charge in [-0.1, -0.05) is 0 Å². The first kappa shape index (κ1) is 15.2. The molecule has 0 aromatic heterocycles. The molecule has 0 saturated carbocycles. The van der Waals surface area contributed by atoms with Crippen LogP contribution in [0.15, 0.2) is 22.7 Å². The molecule has 2 rings (SSSR count). The van der Waals surface area contributed by atoms with Gasteiger partial charge in [0.25, 0.3) is 0 Å². The van der Waals surface area contributed by atoms with Crippen LogP contribution in [0.4, 0.5) is 23.2 Å². The van der Waals surface area contributed by atoms with E-state index in [0.717, 1.165) is 6.07 Å². The second kappa shape index (κ2) is 5.33. The van der Waals surface area contributed by atoms with E-state index in [9.17, 15) is 22.4 Å². The summed E-state index contributed by atoms with van der Waals surface area (Å²) in [6.07, 6.45) is -4.96. The molecule has 1 unspecified atom stereocenters. The second-order valence-corrected chi connectivity index (χ2v) is 5.44. The molecule has 0 spiro atoms. The molecule has 0 radical (unpaired) electrons. The zero-order valence-electron chi connectivity index (χ0n) is 10.2. The summed E-state index contributed by atoms with van der Waals surface area (Å²) in [6.45, 7) is -0.329. The summed E-state index contributed by atoms with van der Waals surface area (Å²) in [5.74, 6) is -1.69. The maximum atomic E-state index is 13.1. The summed E-state index contributed by atoms with van der Waals surface area (Å²) in [4.78, 5) is 12.0. The Bertz CT molecular complexity index is 527. The van der Waals surface area contributed by atoms with Gasteiger partial charge in [-0.05, 0) is 47.1 Å². The molecule has 1 amide bonds. The zero-order valence-corrected chi connectivity index (χ0v) is 11.7. The van der Waals surface area contributed by atoms with Crippen LogP contribution >= 0.6 is 15.9 Å². The van der Waals surface area contributed by atoms with Gasteiger partial charge in [-0.2, -0.15) is 13.2 Å². The summed E-state index contributed by atoms with van der Waals surface area (Å²) < 4.78 is 52.5. The number of carbonyl (C=O) groups is 1. The number of carbonyl (C=O) groups excluding carboxylic acids is 1. The van der Waals surface area contributed by atoms with Crippen LogP contribution in [0, 0.1) is 11.2 Å². The lowest BCUT2D eigenvalue weighted by molar-refractivity contribution is -0.213. The number of hydrogen-bond donors (Lipinski definition) is 2. The number of nitrogens with one attached hydrogen (secondary N) is 2. The minimum Gasteiger partial charge on any atom is -0.325 e. The van der Waals surface area contributed by atoms with Crippen LogP contribution in [0.2, 0.25) is 0 Å². The molecule has 1 heterocycles. The minimum absolute atomic E-state index is 0.0703. The Morgan fingerprint density at radius 1 is 1.40 bits per heavy atom. The van der Waals surface area contributed by atoms with E-state index in [-0.39, 0.29) is 23.1 Å². The van der Waals surface area contributed by atoms with Crippen molar-refractivity contribution in [2.24, 2.45) is 5.41 Å². The fourth-order valence-corrected chi connectivity index (χ4v) is 2.46. The molecule has 8 heteroatoms. The number of amides is 1. The van der Waals surface area contributed by atoms with Crippen molar-refractivity contribution in [3.63, 3.8) is 0 Å². The Hall–Kier alpha value is -1.15. The Kier molecular flexibility index (Phi) is 4.06. The Morgan fingerprint density at radius 2 is 2.10 bits per heavy atom. The molecule has 1 aromatic rings. The molecule has 1 aromatic carbocycles. The average Bonchev–Trinajstić information content (AvgIpc) is 2.84. The van der Waals surface area contributed by atoms with Crippen molar-refractivity contribution in [3.05, 3.63) is 28.5 Å². The van der Waals surface area contributed by atoms with Crippen molar-refractivity contribution in [3.8, 4) is 0 Å². The van der Waals surface area contributed by atoms with E-state index in [4.69, 9.17) is 0 Å². The average molecular weight is 355 g/mol. The SMILES string of the molecule is O=C(Nc1ccc(F)c(Br)c1)C1(C(F)(F)F)CCNC1. The van der Waals surface area contributed by atoms with Crippen molar-refractivity contribution >= 4 is 27.5 Å². The summed E-state index contributed by atoms with van der Waals surface area (Å²) in [6, 6.07) is 3.50. The maximum absolute atomic E-state index is 13.1. The fourth-order valence-electron chi connectivity index (χ4n) is 2.08. The fraction of sp³-hybridized carbons (Fsp3) is 0.417.